The largest absolute Gasteiger partial charge is 0.495 e. The lowest BCUT2D eigenvalue weighted by atomic mass is 10.1. The van der Waals surface area contributed by atoms with Gasteiger partial charge in [0.2, 0.25) is 0 Å². The molecule has 148 valence electrons. The first-order valence-corrected chi connectivity index (χ1v) is 8.78. The van der Waals surface area contributed by atoms with Crippen molar-refractivity contribution < 1.29 is 14.5 Å². The van der Waals surface area contributed by atoms with E-state index in [4.69, 9.17) is 4.74 Å². The molecule has 3 aromatic rings. The number of nitrogens with one attached hydrogen (secondary N) is 1. The molecule has 29 heavy (non-hydrogen) atoms. The lowest BCUT2D eigenvalue weighted by Crippen LogP contribution is -2.29. The minimum atomic E-state index is -0.674. The normalized spacial score (nSPS) is 10.4. The van der Waals surface area contributed by atoms with Gasteiger partial charge in [0.25, 0.3) is 17.2 Å². The van der Waals surface area contributed by atoms with E-state index in [1.807, 2.05) is 31.2 Å². The first-order valence-electron chi connectivity index (χ1n) is 8.78. The second-order valence-corrected chi connectivity index (χ2v) is 6.44. The Balaban J connectivity index is 1.89. The molecule has 0 fully saturated rings. The molecule has 2 aromatic carbocycles. The summed E-state index contributed by atoms with van der Waals surface area (Å²) in [5.74, 6) is -0.424. The van der Waals surface area contributed by atoms with Gasteiger partial charge in [-0.25, -0.2) is 0 Å². The van der Waals surface area contributed by atoms with Gasteiger partial charge >= 0.3 is 0 Å². The van der Waals surface area contributed by atoms with E-state index >= 15 is 0 Å². The molecule has 0 aliphatic heterocycles. The zero-order valence-corrected chi connectivity index (χ0v) is 15.9. The fraction of sp³-hybridized carbons (Fsp3) is 0.143. The van der Waals surface area contributed by atoms with Crippen LogP contribution in [-0.4, -0.2) is 22.5 Å². The van der Waals surface area contributed by atoms with Crippen molar-refractivity contribution in [1.82, 2.24) is 4.57 Å². The lowest BCUT2D eigenvalue weighted by Gasteiger charge is -2.11. The molecular formula is C21H19N3O5. The van der Waals surface area contributed by atoms with Crippen molar-refractivity contribution in [2.75, 3.05) is 12.4 Å². The monoisotopic (exact) mass is 393 g/mol. The van der Waals surface area contributed by atoms with E-state index in [0.29, 0.717) is 6.54 Å². The Morgan fingerprint density at radius 2 is 1.90 bits per heavy atom. The molecule has 0 radical (unpaired) electrons. The Kier molecular flexibility index (Phi) is 5.73. The van der Waals surface area contributed by atoms with E-state index in [1.165, 1.54) is 35.9 Å². The number of benzene rings is 2. The molecule has 1 N–H and O–H groups in total. The van der Waals surface area contributed by atoms with Crippen molar-refractivity contribution >= 4 is 17.3 Å². The predicted octanol–water partition coefficient (Wildman–Crippen LogP) is 3.37. The zero-order valence-electron chi connectivity index (χ0n) is 15.9. The van der Waals surface area contributed by atoms with Crippen LogP contribution in [0.15, 0.2) is 65.6 Å². The van der Waals surface area contributed by atoms with Gasteiger partial charge in [-0.3, -0.25) is 19.7 Å². The van der Waals surface area contributed by atoms with Gasteiger partial charge in [-0.05, 0) is 30.7 Å². The summed E-state index contributed by atoms with van der Waals surface area (Å²) in [4.78, 5) is 35.9. The molecule has 8 nitrogen and oxygen atoms in total. The summed E-state index contributed by atoms with van der Waals surface area (Å²) in [5.41, 5.74) is 1.41. The number of amides is 1. The van der Waals surface area contributed by atoms with Crippen molar-refractivity contribution in [3.05, 3.63) is 98.0 Å². The Bertz CT molecular complexity index is 1120. The third kappa shape index (κ3) is 4.49. The van der Waals surface area contributed by atoms with Crippen LogP contribution in [0.4, 0.5) is 11.4 Å². The number of ether oxygens (including phenoxy) is 1. The highest BCUT2D eigenvalue weighted by Crippen LogP contribution is 2.29. The summed E-state index contributed by atoms with van der Waals surface area (Å²) >= 11 is 0. The number of aromatic nitrogens is 1. The SMILES string of the molecule is COc1ccc([N+](=O)[O-])cc1NC(=O)c1cccn(Cc2ccc(C)cc2)c1=O. The number of carbonyl (C=O) groups is 1. The van der Waals surface area contributed by atoms with Crippen LogP contribution in [0, 0.1) is 17.0 Å². The summed E-state index contributed by atoms with van der Waals surface area (Å²) in [7, 11) is 1.38. The van der Waals surface area contributed by atoms with E-state index in [0.717, 1.165) is 11.1 Å². The van der Waals surface area contributed by atoms with Crippen LogP contribution in [0.3, 0.4) is 0 Å². The van der Waals surface area contributed by atoms with Gasteiger partial charge < -0.3 is 14.6 Å². The molecule has 0 spiro atoms. The van der Waals surface area contributed by atoms with Crippen LogP contribution < -0.4 is 15.6 Å². The highest BCUT2D eigenvalue weighted by molar-refractivity contribution is 6.05. The predicted molar refractivity (Wildman–Crippen MR) is 109 cm³/mol. The maximum atomic E-state index is 12.8. The highest BCUT2D eigenvalue weighted by atomic mass is 16.6. The average Bonchev–Trinajstić information content (AvgIpc) is 2.71. The van der Waals surface area contributed by atoms with E-state index in [-0.39, 0.29) is 22.7 Å². The topological polar surface area (TPSA) is 103 Å². The van der Waals surface area contributed by atoms with Crippen LogP contribution in [-0.2, 0) is 6.54 Å². The maximum Gasteiger partial charge on any atom is 0.271 e. The quantitative estimate of drug-likeness (QED) is 0.511. The molecule has 3 rings (SSSR count). The number of non-ortho nitro benzene ring substituents is 1. The Labute approximate surface area is 166 Å². The van der Waals surface area contributed by atoms with Crippen LogP contribution >= 0.6 is 0 Å². The van der Waals surface area contributed by atoms with Crippen LogP contribution in [0.1, 0.15) is 21.5 Å². The first-order chi connectivity index (χ1) is 13.9. The van der Waals surface area contributed by atoms with Crippen molar-refractivity contribution in [2.45, 2.75) is 13.5 Å². The summed E-state index contributed by atoms with van der Waals surface area (Å²) in [6.45, 7) is 2.30. The Morgan fingerprint density at radius 1 is 1.17 bits per heavy atom. The number of carbonyl (C=O) groups excluding carboxylic acids is 1. The second kappa shape index (κ2) is 8.39. The minimum Gasteiger partial charge on any atom is -0.495 e. The number of methoxy groups -OCH3 is 1. The van der Waals surface area contributed by atoms with Crippen LogP contribution in [0.5, 0.6) is 5.75 Å². The van der Waals surface area contributed by atoms with Gasteiger partial charge in [0, 0.05) is 18.3 Å². The van der Waals surface area contributed by atoms with Gasteiger partial charge in [0.1, 0.15) is 11.3 Å². The molecule has 1 aromatic heterocycles. The maximum absolute atomic E-state index is 12.8. The number of nitrogens with zero attached hydrogens (tertiary/aromatic N) is 2. The van der Waals surface area contributed by atoms with Gasteiger partial charge in [-0.1, -0.05) is 29.8 Å². The second-order valence-electron chi connectivity index (χ2n) is 6.44. The standard InChI is InChI=1S/C21H19N3O5/c1-14-5-7-15(8-6-14)13-23-11-3-4-17(21(23)26)20(25)22-18-12-16(24(27)28)9-10-19(18)29-2/h3-12H,13H2,1-2H3,(H,22,25). The average molecular weight is 393 g/mol. The number of hydrogen-bond acceptors (Lipinski definition) is 5. The number of hydrogen-bond donors (Lipinski definition) is 1. The van der Waals surface area contributed by atoms with E-state index < -0.39 is 16.4 Å². The lowest BCUT2D eigenvalue weighted by molar-refractivity contribution is -0.384. The van der Waals surface area contributed by atoms with E-state index in [2.05, 4.69) is 5.32 Å². The number of nitro benzene ring substituents is 1. The van der Waals surface area contributed by atoms with E-state index in [1.54, 1.807) is 12.3 Å². The third-order valence-corrected chi connectivity index (χ3v) is 4.38. The summed E-state index contributed by atoms with van der Waals surface area (Å²) in [5, 5.41) is 13.5. The molecule has 0 bridgehead atoms. The zero-order chi connectivity index (χ0) is 21.0. The molecule has 0 saturated heterocycles. The van der Waals surface area contributed by atoms with Crippen LogP contribution in [0.25, 0.3) is 0 Å². The third-order valence-electron chi connectivity index (χ3n) is 4.38. The van der Waals surface area contributed by atoms with Crippen molar-refractivity contribution in [3.8, 4) is 5.75 Å². The molecule has 1 heterocycles. The first kappa shape index (κ1) is 19.8. The molecular weight excluding hydrogens is 374 g/mol. The minimum absolute atomic E-state index is 0.0758. The number of nitro groups is 1. The number of aryl methyl sites for hydroxylation is 1. The van der Waals surface area contributed by atoms with Gasteiger partial charge in [0.15, 0.2) is 0 Å². The fourth-order valence-electron chi connectivity index (χ4n) is 2.82. The summed E-state index contributed by atoms with van der Waals surface area (Å²) in [6, 6.07) is 14.6. The van der Waals surface area contributed by atoms with Crippen LogP contribution in [0.2, 0.25) is 0 Å². The van der Waals surface area contributed by atoms with Crippen molar-refractivity contribution in [2.24, 2.45) is 0 Å². The summed E-state index contributed by atoms with van der Waals surface area (Å²) < 4.78 is 6.57. The van der Waals surface area contributed by atoms with Gasteiger partial charge in [0.05, 0.1) is 24.3 Å². The number of pyridine rings is 1. The number of rotatable bonds is 6. The molecule has 0 atom stereocenters. The molecule has 0 saturated carbocycles. The summed E-state index contributed by atoms with van der Waals surface area (Å²) in [6.07, 6.45) is 1.60. The fourth-order valence-corrected chi connectivity index (χ4v) is 2.82. The molecule has 0 unspecified atom stereocenters. The molecule has 0 aliphatic rings. The molecule has 1 amide bonds. The molecule has 8 heteroatoms. The Morgan fingerprint density at radius 3 is 2.55 bits per heavy atom. The molecule has 0 aliphatic carbocycles. The van der Waals surface area contributed by atoms with Gasteiger partial charge in [-0.2, -0.15) is 0 Å². The van der Waals surface area contributed by atoms with Crippen molar-refractivity contribution in [1.29, 1.82) is 0 Å². The smallest absolute Gasteiger partial charge is 0.271 e. The Hall–Kier alpha value is -3.94. The van der Waals surface area contributed by atoms with E-state index in [9.17, 15) is 19.7 Å². The van der Waals surface area contributed by atoms with Crippen molar-refractivity contribution in [3.63, 3.8) is 0 Å². The highest BCUT2D eigenvalue weighted by Gasteiger charge is 2.17. The van der Waals surface area contributed by atoms with Gasteiger partial charge in [-0.15, -0.1) is 0 Å². The number of anilines is 1.